The number of fused-ring (bicyclic) bond motifs is 1. The van der Waals surface area contributed by atoms with Gasteiger partial charge < -0.3 is 24.2 Å². The van der Waals surface area contributed by atoms with Gasteiger partial charge in [-0.15, -0.1) is 0 Å². The number of carbonyl (C=O) groups excluding carboxylic acids is 1. The molecular formula is C19H20FIN4O5. The van der Waals surface area contributed by atoms with Gasteiger partial charge in [-0.25, -0.2) is 19.0 Å². The molecule has 160 valence electrons. The van der Waals surface area contributed by atoms with Crippen LogP contribution in [0, 0.1) is 5.82 Å². The van der Waals surface area contributed by atoms with Gasteiger partial charge in [0, 0.05) is 25.3 Å². The minimum Gasteiger partial charge on any atom is -0.477 e. The number of pyridine rings is 2. The number of rotatable bonds is 4. The maximum Gasteiger partial charge on any atom is 0.409 e. The first kappa shape index (κ1) is 20.8. The van der Waals surface area contributed by atoms with Crippen LogP contribution in [0.4, 0.5) is 15.0 Å². The van der Waals surface area contributed by atoms with Gasteiger partial charge in [0.2, 0.25) is 5.43 Å². The van der Waals surface area contributed by atoms with Crippen molar-refractivity contribution in [2.24, 2.45) is 0 Å². The second-order valence-corrected chi connectivity index (χ2v) is 8.69. The molecular weight excluding hydrogens is 510 g/mol. The van der Waals surface area contributed by atoms with Crippen molar-refractivity contribution in [3.63, 3.8) is 0 Å². The third-order valence-electron chi connectivity index (χ3n) is 5.23. The topological polar surface area (TPSA) is 105 Å². The third-order valence-corrected chi connectivity index (χ3v) is 6.29. The van der Waals surface area contributed by atoms with E-state index in [4.69, 9.17) is 4.74 Å². The van der Waals surface area contributed by atoms with Crippen LogP contribution in [0.15, 0.2) is 17.1 Å². The number of piperazine rings is 1. The van der Waals surface area contributed by atoms with E-state index in [1.54, 1.807) is 21.3 Å². The summed E-state index contributed by atoms with van der Waals surface area (Å²) >= 11 is 2.12. The van der Waals surface area contributed by atoms with E-state index < -0.39 is 28.9 Å². The molecule has 1 aliphatic carbocycles. The molecule has 1 unspecified atom stereocenters. The second-order valence-electron chi connectivity index (χ2n) is 7.25. The average molecular weight is 530 g/mol. The van der Waals surface area contributed by atoms with Gasteiger partial charge in [0.15, 0.2) is 11.6 Å². The van der Waals surface area contributed by atoms with E-state index in [1.165, 1.54) is 6.20 Å². The van der Waals surface area contributed by atoms with Crippen LogP contribution in [0.25, 0.3) is 11.0 Å². The molecule has 30 heavy (non-hydrogen) atoms. The SMILES string of the molecule is CCOC(=O)N1CCN(c2nc3c(cc2F)c(=O)c(C(=O)O)cn3C2CC2)C(I)C1. The molecule has 4 rings (SSSR count). The first-order chi connectivity index (χ1) is 14.3. The Morgan fingerprint density at radius 1 is 1.37 bits per heavy atom. The van der Waals surface area contributed by atoms with E-state index in [0.717, 1.165) is 18.9 Å². The Hall–Kier alpha value is -2.44. The van der Waals surface area contributed by atoms with Gasteiger partial charge in [-0.2, -0.15) is 0 Å². The maximum atomic E-state index is 15.0. The summed E-state index contributed by atoms with van der Waals surface area (Å²) in [5.74, 6) is -1.96. The Kier molecular flexibility index (Phi) is 5.55. The van der Waals surface area contributed by atoms with E-state index in [9.17, 15) is 19.5 Å². The van der Waals surface area contributed by atoms with E-state index in [0.29, 0.717) is 19.6 Å². The Morgan fingerprint density at radius 3 is 2.70 bits per heavy atom. The summed E-state index contributed by atoms with van der Waals surface area (Å²) in [6.45, 7) is 3.06. The highest BCUT2D eigenvalue weighted by atomic mass is 127. The highest BCUT2D eigenvalue weighted by Gasteiger charge is 2.33. The predicted octanol–water partition coefficient (Wildman–Crippen LogP) is 2.61. The van der Waals surface area contributed by atoms with Crippen LogP contribution in [0.2, 0.25) is 0 Å². The van der Waals surface area contributed by atoms with E-state index in [2.05, 4.69) is 27.6 Å². The number of amides is 1. The van der Waals surface area contributed by atoms with E-state index in [1.807, 2.05) is 0 Å². The first-order valence-corrected chi connectivity index (χ1v) is 10.9. The molecule has 0 bridgehead atoms. The number of carbonyl (C=O) groups is 2. The number of aromatic carboxylic acids is 1. The molecule has 1 N–H and O–H groups in total. The van der Waals surface area contributed by atoms with Crippen LogP contribution >= 0.6 is 22.6 Å². The van der Waals surface area contributed by atoms with Gasteiger partial charge in [-0.3, -0.25) is 4.79 Å². The van der Waals surface area contributed by atoms with Gasteiger partial charge in [-0.1, -0.05) is 22.6 Å². The molecule has 1 saturated heterocycles. The Bertz CT molecular complexity index is 1090. The van der Waals surface area contributed by atoms with Gasteiger partial charge in [0.1, 0.15) is 15.3 Å². The number of carboxylic acid groups (broad SMARTS) is 1. The fourth-order valence-corrected chi connectivity index (χ4v) is 4.60. The Labute approximate surface area is 184 Å². The lowest BCUT2D eigenvalue weighted by atomic mass is 10.1. The van der Waals surface area contributed by atoms with Crippen LogP contribution in [-0.2, 0) is 4.74 Å². The van der Waals surface area contributed by atoms with Crippen LogP contribution in [0.1, 0.15) is 36.2 Å². The average Bonchev–Trinajstić information content (AvgIpc) is 3.53. The summed E-state index contributed by atoms with van der Waals surface area (Å²) in [5.41, 5.74) is -0.857. The second kappa shape index (κ2) is 8.00. The summed E-state index contributed by atoms with van der Waals surface area (Å²) in [7, 11) is 0. The van der Waals surface area contributed by atoms with Crippen molar-refractivity contribution in [1.82, 2.24) is 14.5 Å². The van der Waals surface area contributed by atoms with E-state index >= 15 is 4.39 Å². The minimum atomic E-state index is -1.34. The number of nitrogens with zero attached hydrogens (tertiary/aromatic N) is 4. The lowest BCUT2D eigenvalue weighted by Crippen LogP contribution is -2.53. The van der Waals surface area contributed by atoms with Gasteiger partial charge in [0.05, 0.1) is 18.5 Å². The number of halogens is 2. The van der Waals surface area contributed by atoms with Crippen molar-refractivity contribution in [3.8, 4) is 0 Å². The lowest BCUT2D eigenvalue weighted by Gasteiger charge is -2.39. The Balaban J connectivity index is 1.74. The van der Waals surface area contributed by atoms with Crippen LogP contribution in [-0.4, -0.2) is 61.9 Å². The maximum absolute atomic E-state index is 15.0. The molecule has 11 heteroatoms. The molecule has 0 aromatic carbocycles. The molecule has 0 radical (unpaired) electrons. The molecule has 2 fully saturated rings. The lowest BCUT2D eigenvalue weighted by molar-refractivity contribution is 0.0694. The quantitative estimate of drug-likeness (QED) is 0.368. The first-order valence-electron chi connectivity index (χ1n) is 9.63. The number of anilines is 1. The summed E-state index contributed by atoms with van der Waals surface area (Å²) in [6.07, 6.45) is 2.59. The van der Waals surface area contributed by atoms with Crippen LogP contribution in [0.5, 0.6) is 0 Å². The molecule has 2 aromatic rings. The molecule has 1 amide bonds. The van der Waals surface area contributed by atoms with Crippen molar-refractivity contribution >= 4 is 51.5 Å². The number of hydrogen-bond acceptors (Lipinski definition) is 6. The van der Waals surface area contributed by atoms with Crippen molar-refractivity contribution in [2.75, 3.05) is 31.1 Å². The zero-order chi connectivity index (χ0) is 21.6. The highest BCUT2D eigenvalue weighted by molar-refractivity contribution is 14.1. The minimum absolute atomic E-state index is 0.0433. The molecule has 1 aliphatic heterocycles. The summed E-state index contributed by atoms with van der Waals surface area (Å²) in [4.78, 5) is 43.8. The predicted molar refractivity (Wildman–Crippen MR) is 115 cm³/mol. The summed E-state index contributed by atoms with van der Waals surface area (Å²) < 4.78 is 21.5. The molecule has 0 spiro atoms. The molecule has 2 aliphatic rings. The molecule has 3 heterocycles. The van der Waals surface area contributed by atoms with Crippen molar-refractivity contribution in [3.05, 3.63) is 33.9 Å². The largest absolute Gasteiger partial charge is 0.477 e. The standard InChI is InChI=1S/C19H20FIN4O5/c1-2-30-19(29)23-5-6-24(14(21)9-23)17-13(20)7-11-15(26)12(18(27)28)8-25(10-3-4-10)16(11)22-17/h7-8,10,14H,2-6,9H2,1H3,(H,27,28). The van der Waals surface area contributed by atoms with Crippen LogP contribution in [0.3, 0.4) is 0 Å². The van der Waals surface area contributed by atoms with E-state index in [-0.39, 0.29) is 33.5 Å². The highest BCUT2D eigenvalue weighted by Crippen LogP contribution is 2.37. The molecule has 2 aromatic heterocycles. The molecule has 9 nitrogen and oxygen atoms in total. The van der Waals surface area contributed by atoms with Crippen molar-refractivity contribution in [1.29, 1.82) is 0 Å². The molecule has 1 saturated carbocycles. The monoisotopic (exact) mass is 530 g/mol. The Morgan fingerprint density at radius 2 is 2.10 bits per heavy atom. The smallest absolute Gasteiger partial charge is 0.409 e. The van der Waals surface area contributed by atoms with Crippen molar-refractivity contribution < 1.29 is 23.8 Å². The van der Waals surface area contributed by atoms with Gasteiger partial charge in [-0.05, 0) is 25.8 Å². The third kappa shape index (κ3) is 3.70. The van der Waals surface area contributed by atoms with Gasteiger partial charge >= 0.3 is 12.1 Å². The fraction of sp³-hybridized carbons (Fsp3) is 0.474. The summed E-state index contributed by atoms with van der Waals surface area (Å²) in [6, 6.07) is 1.12. The molecule has 1 atom stereocenters. The summed E-state index contributed by atoms with van der Waals surface area (Å²) in [5, 5.41) is 9.30. The fourth-order valence-electron chi connectivity index (χ4n) is 3.58. The number of alkyl halides is 1. The van der Waals surface area contributed by atoms with Crippen molar-refractivity contribution in [2.45, 2.75) is 29.9 Å². The number of hydrogen-bond donors (Lipinski definition) is 1. The zero-order valence-electron chi connectivity index (χ0n) is 16.2. The normalized spacial score (nSPS) is 19.2. The zero-order valence-corrected chi connectivity index (χ0v) is 18.3. The number of ether oxygens (including phenoxy) is 1. The van der Waals surface area contributed by atoms with Crippen LogP contribution < -0.4 is 10.3 Å². The number of carboxylic acids is 1. The number of aromatic nitrogens is 2. The van der Waals surface area contributed by atoms with Gasteiger partial charge in [0.25, 0.3) is 0 Å².